The first-order valence-corrected chi connectivity index (χ1v) is 9.83. The van der Waals surface area contributed by atoms with E-state index in [1.165, 1.54) is 0 Å². The Morgan fingerprint density at radius 1 is 1.41 bits per heavy atom. The molecule has 0 radical (unpaired) electrons. The fraction of sp³-hybridized carbons (Fsp3) is 0.450. The van der Waals surface area contributed by atoms with Crippen molar-refractivity contribution in [3.05, 3.63) is 41.6 Å². The minimum absolute atomic E-state index is 0.0701. The van der Waals surface area contributed by atoms with Gasteiger partial charge in [-0.2, -0.15) is 0 Å². The first-order chi connectivity index (χ1) is 13.6. The number of nitrogens with zero attached hydrogens (tertiary/aromatic N) is 2. The van der Waals surface area contributed by atoms with Gasteiger partial charge in [-0.25, -0.2) is 4.98 Å². The average molecular weight is 420 g/mol. The predicted octanol–water partition coefficient (Wildman–Crippen LogP) is 2.42. The lowest BCUT2D eigenvalue weighted by Crippen LogP contribution is -2.41. The van der Waals surface area contributed by atoms with Crippen LogP contribution < -0.4 is 10.6 Å². The Hall–Kier alpha value is -2.74. The van der Waals surface area contributed by atoms with Gasteiger partial charge in [0.25, 0.3) is 5.91 Å². The number of rotatable bonds is 6. The number of ether oxygens (including phenoxy) is 1. The molecule has 1 aliphatic heterocycles. The van der Waals surface area contributed by atoms with Gasteiger partial charge < -0.3 is 25.3 Å². The van der Waals surface area contributed by atoms with Crippen molar-refractivity contribution < 1.29 is 14.3 Å². The van der Waals surface area contributed by atoms with Gasteiger partial charge in [0.1, 0.15) is 16.4 Å². The number of fused-ring (bicyclic) bond motifs is 1. The Balaban J connectivity index is 1.48. The molecule has 2 aromatic heterocycles. The Morgan fingerprint density at radius 3 is 2.90 bits per heavy atom. The molecule has 2 aromatic rings. The van der Waals surface area contributed by atoms with Gasteiger partial charge in [0.15, 0.2) is 5.88 Å². The van der Waals surface area contributed by atoms with Crippen molar-refractivity contribution in [2.75, 3.05) is 19.6 Å². The summed E-state index contributed by atoms with van der Waals surface area (Å²) >= 11 is 5.86. The van der Waals surface area contributed by atoms with Crippen LogP contribution in [0, 0.1) is 0 Å². The van der Waals surface area contributed by atoms with Crippen LogP contribution in [0.4, 0.5) is 0 Å². The average Bonchev–Trinajstić information content (AvgIpc) is 3.24. The lowest BCUT2D eigenvalue weighted by molar-refractivity contribution is -0.129. The molecule has 3 rings (SSSR count). The largest absolute Gasteiger partial charge is 0.474 e. The molecule has 3 heterocycles. The van der Waals surface area contributed by atoms with E-state index in [1.54, 1.807) is 23.2 Å². The van der Waals surface area contributed by atoms with E-state index in [1.807, 2.05) is 20.8 Å². The molecule has 0 bridgehead atoms. The zero-order valence-corrected chi connectivity index (χ0v) is 17.6. The summed E-state index contributed by atoms with van der Waals surface area (Å²) in [5, 5.41) is 7.01. The van der Waals surface area contributed by atoms with Crippen molar-refractivity contribution in [3.63, 3.8) is 0 Å². The van der Waals surface area contributed by atoms with E-state index in [4.69, 9.17) is 16.3 Å². The monoisotopic (exact) mass is 419 g/mol. The number of nitrogens with one attached hydrogen (secondary N) is 3. The highest BCUT2D eigenvalue weighted by Gasteiger charge is 2.27. The number of aromatic nitrogens is 2. The standard InChI is InChI=1S/C20H26ClN5O3/c1-12(29-20(2,3)4)24-14-5-6-26(11-14)18(27)10-23-19(28)15-7-13-8-17(21)22-9-16(13)25-15/h7-9,14,24-25H,1,5-6,10-11H2,2-4H3,(H,23,28). The number of hydrogen-bond acceptors (Lipinski definition) is 5. The summed E-state index contributed by atoms with van der Waals surface area (Å²) in [5.41, 5.74) is 0.734. The fourth-order valence-corrected chi connectivity index (χ4v) is 3.39. The Labute approximate surface area is 174 Å². The predicted molar refractivity (Wildman–Crippen MR) is 112 cm³/mol. The molecule has 1 fully saturated rings. The minimum Gasteiger partial charge on any atom is -0.474 e. The SMILES string of the molecule is C=C(NC1CCN(C(=O)CNC(=O)c2cc3cc(Cl)ncc3[nH]2)C1)OC(C)(C)C. The van der Waals surface area contributed by atoms with Crippen LogP contribution in [0.2, 0.25) is 5.15 Å². The zero-order chi connectivity index (χ0) is 21.2. The Bertz CT molecular complexity index is 934. The van der Waals surface area contributed by atoms with Crippen LogP contribution in [0.15, 0.2) is 30.8 Å². The smallest absolute Gasteiger partial charge is 0.268 e. The Morgan fingerprint density at radius 2 is 2.17 bits per heavy atom. The number of pyridine rings is 1. The van der Waals surface area contributed by atoms with Crippen LogP contribution in [0.1, 0.15) is 37.7 Å². The zero-order valence-electron chi connectivity index (χ0n) is 16.8. The lowest BCUT2D eigenvalue weighted by Gasteiger charge is -2.25. The van der Waals surface area contributed by atoms with Gasteiger partial charge in [0.2, 0.25) is 5.91 Å². The summed E-state index contributed by atoms with van der Waals surface area (Å²) in [6.07, 6.45) is 2.36. The summed E-state index contributed by atoms with van der Waals surface area (Å²) in [6.45, 7) is 10.8. The third kappa shape index (κ3) is 5.63. The van der Waals surface area contributed by atoms with Gasteiger partial charge in [0.05, 0.1) is 18.3 Å². The van der Waals surface area contributed by atoms with Crippen molar-refractivity contribution >= 4 is 34.3 Å². The van der Waals surface area contributed by atoms with Crippen molar-refractivity contribution in [2.45, 2.75) is 38.8 Å². The number of H-pyrrole nitrogens is 1. The molecule has 156 valence electrons. The van der Waals surface area contributed by atoms with E-state index in [9.17, 15) is 9.59 Å². The van der Waals surface area contributed by atoms with Crippen LogP contribution in [-0.4, -0.2) is 58.0 Å². The second-order valence-electron chi connectivity index (χ2n) is 8.07. The van der Waals surface area contributed by atoms with Crippen LogP contribution in [0.25, 0.3) is 10.9 Å². The van der Waals surface area contributed by atoms with E-state index in [0.29, 0.717) is 35.3 Å². The van der Waals surface area contributed by atoms with Crippen molar-refractivity contribution in [1.29, 1.82) is 0 Å². The van der Waals surface area contributed by atoms with E-state index < -0.39 is 0 Å². The molecule has 8 nitrogen and oxygen atoms in total. The molecule has 29 heavy (non-hydrogen) atoms. The number of halogens is 1. The van der Waals surface area contributed by atoms with E-state index >= 15 is 0 Å². The third-order valence-electron chi connectivity index (χ3n) is 4.45. The van der Waals surface area contributed by atoms with Gasteiger partial charge in [-0.1, -0.05) is 11.6 Å². The number of carbonyl (C=O) groups excluding carboxylic acids is 2. The topological polar surface area (TPSA) is 99.4 Å². The highest BCUT2D eigenvalue weighted by atomic mass is 35.5. The fourth-order valence-electron chi connectivity index (χ4n) is 3.22. The Kier molecular flexibility index (Phi) is 6.02. The molecule has 1 unspecified atom stereocenters. The maximum atomic E-state index is 12.5. The van der Waals surface area contributed by atoms with Crippen LogP contribution >= 0.6 is 11.6 Å². The summed E-state index contributed by atoms with van der Waals surface area (Å²) in [7, 11) is 0. The molecule has 0 aliphatic carbocycles. The first-order valence-electron chi connectivity index (χ1n) is 9.45. The molecular formula is C20H26ClN5O3. The quantitative estimate of drug-likeness (QED) is 0.493. The van der Waals surface area contributed by atoms with Crippen molar-refractivity contribution in [2.24, 2.45) is 0 Å². The maximum Gasteiger partial charge on any atom is 0.268 e. The summed E-state index contributed by atoms with van der Waals surface area (Å²) < 4.78 is 5.67. The summed E-state index contributed by atoms with van der Waals surface area (Å²) in [5.74, 6) is 0.0100. The number of hydrogen-bond donors (Lipinski definition) is 3. The minimum atomic E-state index is -0.355. The van der Waals surface area contributed by atoms with Crippen molar-refractivity contribution in [1.82, 2.24) is 25.5 Å². The second kappa shape index (κ2) is 8.32. The van der Waals surface area contributed by atoms with Gasteiger partial charge in [-0.05, 0) is 45.9 Å². The van der Waals surface area contributed by atoms with Gasteiger partial charge >= 0.3 is 0 Å². The van der Waals surface area contributed by atoms with Crippen LogP contribution in [0.5, 0.6) is 0 Å². The van der Waals surface area contributed by atoms with Gasteiger partial charge in [0, 0.05) is 24.5 Å². The molecule has 1 aliphatic rings. The number of likely N-dealkylation sites (tertiary alicyclic amines) is 1. The third-order valence-corrected chi connectivity index (χ3v) is 4.66. The maximum absolute atomic E-state index is 12.5. The number of aromatic amines is 1. The molecule has 1 saturated heterocycles. The number of amides is 2. The normalized spacial score (nSPS) is 16.7. The molecular weight excluding hydrogens is 394 g/mol. The molecule has 0 saturated carbocycles. The van der Waals surface area contributed by atoms with Crippen molar-refractivity contribution in [3.8, 4) is 0 Å². The van der Waals surface area contributed by atoms with E-state index in [2.05, 4.69) is 27.2 Å². The molecule has 1 atom stereocenters. The molecule has 2 amide bonds. The highest BCUT2D eigenvalue weighted by Crippen LogP contribution is 2.18. The molecule has 9 heteroatoms. The second-order valence-corrected chi connectivity index (χ2v) is 8.45. The molecule has 0 spiro atoms. The number of carbonyl (C=O) groups is 2. The van der Waals surface area contributed by atoms with Gasteiger partial charge in [-0.15, -0.1) is 0 Å². The lowest BCUT2D eigenvalue weighted by atomic mass is 10.2. The molecule has 0 aromatic carbocycles. The van der Waals surface area contributed by atoms with Gasteiger partial charge in [-0.3, -0.25) is 9.59 Å². The summed E-state index contributed by atoms with van der Waals surface area (Å²) in [6, 6.07) is 3.43. The first kappa shape index (κ1) is 21.0. The summed E-state index contributed by atoms with van der Waals surface area (Å²) in [4.78, 5) is 33.5. The van der Waals surface area contributed by atoms with Crippen LogP contribution in [0.3, 0.4) is 0 Å². The van der Waals surface area contributed by atoms with Crippen LogP contribution in [-0.2, 0) is 9.53 Å². The molecule has 3 N–H and O–H groups in total. The van der Waals surface area contributed by atoms with E-state index in [-0.39, 0.29) is 30.0 Å². The highest BCUT2D eigenvalue weighted by molar-refractivity contribution is 6.30. The van der Waals surface area contributed by atoms with E-state index in [0.717, 1.165) is 11.8 Å².